The van der Waals surface area contributed by atoms with Crippen LogP contribution in [0.5, 0.6) is 23.0 Å². The standard InChI is InChI=1S/C18H17N3O5/c1-23-11-6-14-18(21-9-11)15(4-5-19-14)26-12-7-16(24-2)13(20-10-12)8-17(22)25-3/h4-7,9-10H,8H2,1-3H3. The van der Waals surface area contributed by atoms with Crippen LogP contribution in [0.3, 0.4) is 0 Å². The van der Waals surface area contributed by atoms with Crippen molar-refractivity contribution in [2.45, 2.75) is 6.42 Å². The molecule has 3 aromatic heterocycles. The van der Waals surface area contributed by atoms with Crippen molar-refractivity contribution in [2.24, 2.45) is 0 Å². The van der Waals surface area contributed by atoms with E-state index in [0.717, 1.165) is 0 Å². The third kappa shape index (κ3) is 3.64. The lowest BCUT2D eigenvalue weighted by atomic mass is 10.2. The molecule has 0 aliphatic carbocycles. The van der Waals surface area contributed by atoms with Crippen LogP contribution in [0, 0.1) is 0 Å². The first kappa shape index (κ1) is 17.4. The molecule has 0 aliphatic rings. The topological polar surface area (TPSA) is 92.7 Å². The van der Waals surface area contributed by atoms with Gasteiger partial charge < -0.3 is 18.9 Å². The molecule has 0 radical (unpaired) electrons. The van der Waals surface area contributed by atoms with Gasteiger partial charge in [-0.15, -0.1) is 0 Å². The molecule has 0 aromatic carbocycles. The van der Waals surface area contributed by atoms with E-state index in [9.17, 15) is 4.79 Å². The molecule has 0 N–H and O–H groups in total. The van der Waals surface area contributed by atoms with Crippen molar-refractivity contribution in [1.82, 2.24) is 15.0 Å². The monoisotopic (exact) mass is 355 g/mol. The minimum Gasteiger partial charge on any atom is -0.495 e. The Balaban J connectivity index is 1.91. The van der Waals surface area contributed by atoms with Gasteiger partial charge in [-0.3, -0.25) is 14.8 Å². The zero-order valence-electron chi connectivity index (χ0n) is 14.6. The molecule has 3 aromatic rings. The summed E-state index contributed by atoms with van der Waals surface area (Å²) in [5, 5.41) is 0. The van der Waals surface area contributed by atoms with E-state index in [-0.39, 0.29) is 6.42 Å². The van der Waals surface area contributed by atoms with E-state index in [0.29, 0.717) is 39.7 Å². The number of ether oxygens (including phenoxy) is 4. The number of aromatic nitrogens is 3. The third-order valence-electron chi connectivity index (χ3n) is 3.64. The largest absolute Gasteiger partial charge is 0.495 e. The molecule has 8 nitrogen and oxygen atoms in total. The Morgan fingerprint density at radius 3 is 2.50 bits per heavy atom. The zero-order valence-corrected chi connectivity index (χ0v) is 14.6. The zero-order chi connectivity index (χ0) is 18.5. The van der Waals surface area contributed by atoms with Crippen LogP contribution in [0.1, 0.15) is 5.69 Å². The molecular weight excluding hydrogens is 338 g/mol. The van der Waals surface area contributed by atoms with Crippen molar-refractivity contribution in [1.29, 1.82) is 0 Å². The van der Waals surface area contributed by atoms with Crippen molar-refractivity contribution in [3.63, 3.8) is 0 Å². The van der Waals surface area contributed by atoms with Crippen LogP contribution in [0.2, 0.25) is 0 Å². The lowest BCUT2D eigenvalue weighted by Crippen LogP contribution is -2.07. The van der Waals surface area contributed by atoms with Gasteiger partial charge in [-0.1, -0.05) is 0 Å². The number of carbonyl (C=O) groups is 1. The van der Waals surface area contributed by atoms with E-state index in [1.165, 1.54) is 20.4 Å². The number of esters is 1. The second kappa shape index (κ2) is 7.64. The number of pyridine rings is 3. The molecule has 0 saturated carbocycles. The number of rotatable bonds is 6. The Kier molecular flexibility index (Phi) is 5.12. The summed E-state index contributed by atoms with van der Waals surface area (Å²) in [6.45, 7) is 0. The van der Waals surface area contributed by atoms with Gasteiger partial charge in [0.05, 0.1) is 51.4 Å². The fourth-order valence-corrected chi connectivity index (χ4v) is 2.34. The summed E-state index contributed by atoms with van der Waals surface area (Å²) in [4.78, 5) is 24.3. The number of hydrogen-bond acceptors (Lipinski definition) is 8. The Morgan fingerprint density at radius 2 is 1.77 bits per heavy atom. The van der Waals surface area contributed by atoms with Gasteiger partial charge in [0.15, 0.2) is 5.75 Å². The van der Waals surface area contributed by atoms with Crippen LogP contribution in [0.4, 0.5) is 0 Å². The molecular formula is C18H17N3O5. The molecule has 134 valence electrons. The van der Waals surface area contributed by atoms with Crippen molar-refractivity contribution in [2.75, 3.05) is 21.3 Å². The predicted molar refractivity (Wildman–Crippen MR) is 92.7 cm³/mol. The molecule has 26 heavy (non-hydrogen) atoms. The van der Waals surface area contributed by atoms with Crippen LogP contribution in [-0.2, 0) is 16.0 Å². The molecule has 0 saturated heterocycles. The molecule has 8 heteroatoms. The molecule has 0 aliphatic heterocycles. The average Bonchev–Trinajstić information content (AvgIpc) is 2.68. The number of fused-ring (bicyclic) bond motifs is 1. The van der Waals surface area contributed by atoms with Gasteiger partial charge in [-0.05, 0) is 0 Å². The van der Waals surface area contributed by atoms with E-state index in [2.05, 4.69) is 19.7 Å². The van der Waals surface area contributed by atoms with E-state index >= 15 is 0 Å². The Bertz CT molecular complexity index is 945. The van der Waals surface area contributed by atoms with Crippen molar-refractivity contribution in [3.05, 3.63) is 42.5 Å². The molecule has 0 bridgehead atoms. The molecule has 3 rings (SSSR count). The first-order valence-corrected chi connectivity index (χ1v) is 7.71. The highest BCUT2D eigenvalue weighted by Crippen LogP contribution is 2.31. The first-order chi connectivity index (χ1) is 12.6. The second-order valence-electron chi connectivity index (χ2n) is 5.23. The molecule has 0 amide bonds. The summed E-state index contributed by atoms with van der Waals surface area (Å²) >= 11 is 0. The van der Waals surface area contributed by atoms with E-state index < -0.39 is 5.97 Å². The van der Waals surface area contributed by atoms with Gasteiger partial charge in [0.1, 0.15) is 22.8 Å². The number of nitrogens with zero attached hydrogens (tertiary/aromatic N) is 3. The van der Waals surface area contributed by atoms with Crippen LogP contribution in [-0.4, -0.2) is 42.3 Å². The molecule has 0 atom stereocenters. The highest BCUT2D eigenvalue weighted by molar-refractivity contribution is 5.81. The number of hydrogen-bond donors (Lipinski definition) is 0. The highest BCUT2D eigenvalue weighted by Gasteiger charge is 2.13. The van der Waals surface area contributed by atoms with Crippen LogP contribution < -0.4 is 14.2 Å². The van der Waals surface area contributed by atoms with Gasteiger partial charge in [0.2, 0.25) is 0 Å². The van der Waals surface area contributed by atoms with Gasteiger partial charge in [0, 0.05) is 24.4 Å². The summed E-state index contributed by atoms with van der Waals surface area (Å²) in [6, 6.07) is 5.13. The normalized spacial score (nSPS) is 10.4. The third-order valence-corrected chi connectivity index (χ3v) is 3.64. The maximum absolute atomic E-state index is 11.4. The van der Waals surface area contributed by atoms with Gasteiger partial charge in [-0.25, -0.2) is 4.98 Å². The number of methoxy groups -OCH3 is 3. The Labute approximate surface area is 149 Å². The van der Waals surface area contributed by atoms with E-state index in [1.54, 1.807) is 37.7 Å². The first-order valence-electron chi connectivity index (χ1n) is 7.71. The minimum atomic E-state index is -0.400. The van der Waals surface area contributed by atoms with E-state index in [4.69, 9.17) is 14.2 Å². The van der Waals surface area contributed by atoms with Crippen LogP contribution in [0.25, 0.3) is 11.0 Å². The highest BCUT2D eigenvalue weighted by atomic mass is 16.5. The summed E-state index contributed by atoms with van der Waals surface area (Å²) in [5.41, 5.74) is 1.70. The van der Waals surface area contributed by atoms with E-state index in [1.807, 2.05) is 0 Å². The fourth-order valence-electron chi connectivity index (χ4n) is 2.34. The Morgan fingerprint density at radius 1 is 0.962 bits per heavy atom. The lowest BCUT2D eigenvalue weighted by molar-refractivity contribution is -0.139. The van der Waals surface area contributed by atoms with Crippen molar-refractivity contribution in [3.8, 4) is 23.0 Å². The predicted octanol–water partition coefficient (Wildman–Crippen LogP) is 2.55. The quantitative estimate of drug-likeness (QED) is 0.623. The van der Waals surface area contributed by atoms with Crippen molar-refractivity contribution >= 4 is 17.0 Å². The summed E-state index contributed by atoms with van der Waals surface area (Å²) in [5.74, 6) is 1.60. The maximum atomic E-state index is 11.4. The molecule has 0 spiro atoms. The summed E-state index contributed by atoms with van der Waals surface area (Å²) in [7, 11) is 4.39. The van der Waals surface area contributed by atoms with Crippen LogP contribution in [0.15, 0.2) is 36.8 Å². The average molecular weight is 355 g/mol. The summed E-state index contributed by atoms with van der Waals surface area (Å²) in [6.07, 6.45) is 4.74. The van der Waals surface area contributed by atoms with Crippen molar-refractivity contribution < 1.29 is 23.7 Å². The maximum Gasteiger partial charge on any atom is 0.311 e. The molecule has 0 unspecified atom stereocenters. The fraction of sp³-hybridized carbons (Fsp3) is 0.222. The lowest BCUT2D eigenvalue weighted by Gasteiger charge is -2.11. The molecule has 0 fully saturated rings. The van der Waals surface area contributed by atoms with Gasteiger partial charge >= 0.3 is 5.97 Å². The smallest absolute Gasteiger partial charge is 0.311 e. The Hall–Kier alpha value is -3.42. The SMILES string of the molecule is COC(=O)Cc1ncc(Oc2ccnc3cc(OC)cnc23)cc1OC. The van der Waals surface area contributed by atoms with Gasteiger partial charge in [-0.2, -0.15) is 0 Å². The molecule has 3 heterocycles. The van der Waals surface area contributed by atoms with Crippen LogP contribution >= 0.6 is 0 Å². The second-order valence-corrected chi connectivity index (χ2v) is 5.23. The summed E-state index contributed by atoms with van der Waals surface area (Å²) < 4.78 is 21.0. The number of carbonyl (C=O) groups excluding carboxylic acids is 1. The van der Waals surface area contributed by atoms with Gasteiger partial charge in [0.25, 0.3) is 0 Å². The minimum absolute atomic E-state index is 0.0134.